The lowest BCUT2D eigenvalue weighted by atomic mass is 9.90. The molecule has 0 fully saturated rings. The van der Waals surface area contributed by atoms with Gasteiger partial charge in [0.15, 0.2) is 5.43 Å². The molecule has 1 aliphatic heterocycles. The zero-order valence-corrected chi connectivity index (χ0v) is 16.7. The van der Waals surface area contributed by atoms with Crippen molar-refractivity contribution in [2.24, 2.45) is 0 Å². The van der Waals surface area contributed by atoms with E-state index in [-0.39, 0.29) is 5.43 Å². The summed E-state index contributed by atoms with van der Waals surface area (Å²) in [5.41, 5.74) is 4.55. The fourth-order valence-electron chi connectivity index (χ4n) is 4.36. The van der Waals surface area contributed by atoms with Gasteiger partial charge >= 0.3 is 5.97 Å². The topological polar surface area (TPSA) is 95.3 Å². The summed E-state index contributed by atoms with van der Waals surface area (Å²) in [6.45, 7) is 4.17. The molecule has 6 nitrogen and oxygen atoms in total. The summed E-state index contributed by atoms with van der Waals surface area (Å²) in [5, 5.41) is 14.3. The first kappa shape index (κ1) is 18.6. The van der Waals surface area contributed by atoms with Gasteiger partial charge in [-0.25, -0.2) is 0 Å². The van der Waals surface area contributed by atoms with Crippen molar-refractivity contribution in [1.29, 1.82) is 0 Å². The van der Waals surface area contributed by atoms with E-state index in [0.29, 0.717) is 28.9 Å². The molecule has 152 valence electrons. The maximum Gasteiger partial charge on any atom is 0.321 e. The van der Waals surface area contributed by atoms with Crippen LogP contribution in [0.25, 0.3) is 21.9 Å². The van der Waals surface area contributed by atoms with Gasteiger partial charge in [-0.3, -0.25) is 14.9 Å². The van der Waals surface area contributed by atoms with E-state index < -0.39 is 18.1 Å². The fraction of sp³-hybridized carbons (Fsp3) is 0.250. The Morgan fingerprint density at radius 1 is 1.17 bits per heavy atom. The summed E-state index contributed by atoms with van der Waals surface area (Å²) >= 11 is 0. The number of aromatic nitrogens is 1. The van der Waals surface area contributed by atoms with Gasteiger partial charge in [0.05, 0.1) is 17.0 Å². The van der Waals surface area contributed by atoms with Crippen LogP contribution < -0.4 is 10.7 Å². The Morgan fingerprint density at radius 3 is 2.73 bits per heavy atom. The first-order chi connectivity index (χ1) is 14.4. The number of benzene rings is 2. The van der Waals surface area contributed by atoms with E-state index in [9.17, 15) is 14.7 Å². The van der Waals surface area contributed by atoms with E-state index >= 15 is 0 Å². The molecule has 2 aromatic carbocycles. The number of H-pyrrole nitrogens is 1. The average molecular weight is 402 g/mol. The summed E-state index contributed by atoms with van der Waals surface area (Å²) in [6, 6.07) is 12.0. The van der Waals surface area contributed by atoms with Crippen molar-refractivity contribution in [3.05, 3.63) is 81.3 Å². The molecule has 3 N–H and O–H groups in total. The Labute approximate surface area is 172 Å². The molecule has 0 amide bonds. The number of nitrogens with one attached hydrogen (secondary N) is 2. The third kappa shape index (κ3) is 2.83. The number of carboxylic acid groups (broad SMARTS) is 1. The van der Waals surface area contributed by atoms with Crippen LogP contribution in [0.3, 0.4) is 0 Å². The van der Waals surface area contributed by atoms with Crippen LogP contribution in [0.15, 0.2) is 57.9 Å². The Bertz CT molecular complexity index is 1350. The van der Waals surface area contributed by atoms with Crippen molar-refractivity contribution in [1.82, 2.24) is 10.3 Å². The number of para-hydroxylation sites is 1. The van der Waals surface area contributed by atoms with Crippen molar-refractivity contribution in [3.8, 4) is 0 Å². The number of hydrogen-bond acceptors (Lipinski definition) is 4. The first-order valence-corrected chi connectivity index (χ1v) is 10.1. The molecule has 2 atom stereocenters. The Morgan fingerprint density at radius 2 is 1.97 bits per heavy atom. The van der Waals surface area contributed by atoms with Gasteiger partial charge in [-0.2, -0.15) is 0 Å². The Balaban J connectivity index is 1.70. The molecule has 0 aliphatic carbocycles. The minimum atomic E-state index is -0.942. The van der Waals surface area contributed by atoms with E-state index in [0.717, 1.165) is 27.7 Å². The summed E-state index contributed by atoms with van der Waals surface area (Å²) < 4.78 is 5.85. The lowest BCUT2D eigenvalue weighted by Gasteiger charge is -2.29. The van der Waals surface area contributed by atoms with Gasteiger partial charge in [0, 0.05) is 23.0 Å². The second-order valence-electron chi connectivity index (χ2n) is 8.19. The van der Waals surface area contributed by atoms with Crippen LogP contribution in [0.4, 0.5) is 0 Å². The first-order valence-electron chi connectivity index (χ1n) is 10.1. The van der Waals surface area contributed by atoms with Crippen LogP contribution in [-0.4, -0.2) is 22.1 Å². The molecule has 0 spiro atoms. The van der Waals surface area contributed by atoms with E-state index in [1.807, 2.05) is 36.4 Å². The van der Waals surface area contributed by atoms with Crippen LogP contribution >= 0.6 is 0 Å². The Hall–Kier alpha value is -3.38. The zero-order valence-electron chi connectivity index (χ0n) is 16.7. The molecule has 0 radical (unpaired) electrons. The molecule has 0 bridgehead atoms. The van der Waals surface area contributed by atoms with Crippen molar-refractivity contribution in [3.63, 3.8) is 0 Å². The number of carbonyl (C=O) groups is 1. The van der Waals surface area contributed by atoms with Gasteiger partial charge in [0.25, 0.3) is 0 Å². The lowest BCUT2D eigenvalue weighted by Crippen LogP contribution is -2.46. The highest BCUT2D eigenvalue weighted by molar-refractivity contribution is 5.87. The van der Waals surface area contributed by atoms with E-state index in [1.165, 1.54) is 6.26 Å². The summed E-state index contributed by atoms with van der Waals surface area (Å²) in [6.07, 6.45) is 1.81. The van der Waals surface area contributed by atoms with Crippen LogP contribution in [0.5, 0.6) is 0 Å². The number of carboxylic acids is 1. The molecule has 0 unspecified atom stereocenters. The second-order valence-corrected chi connectivity index (χ2v) is 8.19. The zero-order chi connectivity index (χ0) is 21.0. The maximum absolute atomic E-state index is 13.3. The lowest BCUT2D eigenvalue weighted by molar-refractivity contribution is -0.139. The standard InChI is InChI=1S/C24H22N2O4/c1-12(2)13-7-8-15-20(9-13)30-11-17(23(15)27)22-21-16(10-19(26-22)24(28)29)14-5-3-4-6-18(14)25-21/h3-9,11-12,19,22,25-26H,10H2,1-2H3,(H,28,29)/t19-,22-/m1/s1. The fourth-order valence-corrected chi connectivity index (χ4v) is 4.36. The minimum absolute atomic E-state index is 0.153. The van der Waals surface area contributed by atoms with E-state index in [2.05, 4.69) is 24.1 Å². The predicted octanol–water partition coefficient (Wildman–Crippen LogP) is 4.09. The van der Waals surface area contributed by atoms with Crippen LogP contribution in [0, 0.1) is 0 Å². The quantitative estimate of drug-likeness (QED) is 0.480. The summed E-state index contributed by atoms with van der Waals surface area (Å²) in [4.78, 5) is 28.6. The van der Waals surface area contributed by atoms with Gasteiger partial charge in [0.1, 0.15) is 17.9 Å². The van der Waals surface area contributed by atoms with Crippen molar-refractivity contribution < 1.29 is 14.3 Å². The van der Waals surface area contributed by atoms with Crippen LogP contribution in [0.1, 0.15) is 48.2 Å². The molecular weight excluding hydrogens is 380 g/mol. The molecule has 2 aromatic heterocycles. The van der Waals surface area contributed by atoms with Gasteiger partial charge in [-0.15, -0.1) is 0 Å². The monoisotopic (exact) mass is 402 g/mol. The summed E-state index contributed by atoms with van der Waals surface area (Å²) in [5.74, 6) is -0.618. The third-order valence-electron chi connectivity index (χ3n) is 6.01. The highest BCUT2D eigenvalue weighted by atomic mass is 16.4. The predicted molar refractivity (Wildman–Crippen MR) is 115 cm³/mol. The molecular formula is C24H22N2O4. The van der Waals surface area contributed by atoms with Crippen LogP contribution in [-0.2, 0) is 11.2 Å². The number of aromatic amines is 1. The van der Waals surface area contributed by atoms with E-state index in [1.54, 1.807) is 6.07 Å². The minimum Gasteiger partial charge on any atom is -0.480 e. The van der Waals surface area contributed by atoms with Crippen LogP contribution in [0.2, 0.25) is 0 Å². The van der Waals surface area contributed by atoms with Crippen molar-refractivity contribution in [2.45, 2.75) is 38.3 Å². The molecule has 4 aromatic rings. The van der Waals surface area contributed by atoms with Gasteiger partial charge in [-0.1, -0.05) is 38.1 Å². The molecule has 5 rings (SSSR count). The molecule has 6 heteroatoms. The third-order valence-corrected chi connectivity index (χ3v) is 6.01. The molecule has 0 saturated heterocycles. The SMILES string of the molecule is CC(C)c1ccc2c(=O)c([C@H]3N[C@@H](C(=O)O)Cc4c3[nH]c3ccccc43)coc2c1. The highest BCUT2D eigenvalue weighted by Gasteiger charge is 2.35. The second kappa shape index (κ2) is 6.85. The van der Waals surface area contributed by atoms with Gasteiger partial charge in [0.2, 0.25) is 0 Å². The van der Waals surface area contributed by atoms with E-state index in [4.69, 9.17) is 4.42 Å². The molecule has 1 aliphatic rings. The number of fused-ring (bicyclic) bond motifs is 4. The largest absolute Gasteiger partial charge is 0.480 e. The molecule has 30 heavy (non-hydrogen) atoms. The normalized spacial score (nSPS) is 18.8. The van der Waals surface area contributed by atoms with Gasteiger partial charge in [-0.05, 0) is 35.2 Å². The Kier molecular flexibility index (Phi) is 4.25. The number of aliphatic carboxylic acids is 1. The summed E-state index contributed by atoms with van der Waals surface area (Å²) in [7, 11) is 0. The molecule has 0 saturated carbocycles. The maximum atomic E-state index is 13.3. The highest BCUT2D eigenvalue weighted by Crippen LogP contribution is 2.35. The number of rotatable bonds is 3. The number of hydrogen-bond donors (Lipinski definition) is 3. The van der Waals surface area contributed by atoms with Gasteiger partial charge < -0.3 is 14.5 Å². The van der Waals surface area contributed by atoms with Crippen molar-refractivity contribution >= 4 is 27.8 Å². The van der Waals surface area contributed by atoms with Crippen molar-refractivity contribution in [2.75, 3.05) is 0 Å². The average Bonchev–Trinajstić information content (AvgIpc) is 3.12. The smallest absolute Gasteiger partial charge is 0.321 e. The molecule has 3 heterocycles.